The summed E-state index contributed by atoms with van der Waals surface area (Å²) in [5.74, 6) is 1.29. The molecule has 0 unspecified atom stereocenters. The molecule has 3 heteroatoms. The van der Waals surface area contributed by atoms with Crippen LogP contribution in [0.2, 0.25) is 0 Å². The third-order valence-electron chi connectivity index (χ3n) is 3.36. The SMILES string of the molecule is CC(=O)N[C@H](C(C)C)C1CCN(C)CC1. The molecular formula is C12H24N2O. The van der Waals surface area contributed by atoms with Crippen LogP contribution in [0.15, 0.2) is 0 Å². The molecule has 1 heterocycles. The van der Waals surface area contributed by atoms with Gasteiger partial charge in [0.1, 0.15) is 0 Å². The van der Waals surface area contributed by atoms with E-state index in [9.17, 15) is 4.79 Å². The predicted octanol–water partition coefficient (Wildman–Crippen LogP) is 1.49. The fraction of sp³-hybridized carbons (Fsp3) is 0.917. The third-order valence-corrected chi connectivity index (χ3v) is 3.36. The number of nitrogens with one attached hydrogen (secondary N) is 1. The Hall–Kier alpha value is -0.570. The van der Waals surface area contributed by atoms with Crippen LogP contribution in [-0.2, 0) is 4.79 Å². The first-order valence-electron chi connectivity index (χ1n) is 5.96. The first kappa shape index (κ1) is 12.5. The van der Waals surface area contributed by atoms with Gasteiger partial charge in [-0.15, -0.1) is 0 Å². The zero-order chi connectivity index (χ0) is 11.4. The number of amides is 1. The Balaban J connectivity index is 2.52. The van der Waals surface area contributed by atoms with Crippen molar-refractivity contribution in [2.45, 2.75) is 39.7 Å². The average Bonchev–Trinajstić information content (AvgIpc) is 2.15. The number of hydrogen-bond acceptors (Lipinski definition) is 2. The first-order chi connectivity index (χ1) is 7.00. The molecular weight excluding hydrogens is 188 g/mol. The smallest absolute Gasteiger partial charge is 0.217 e. The van der Waals surface area contributed by atoms with Crippen molar-refractivity contribution in [3.8, 4) is 0 Å². The Morgan fingerprint density at radius 2 is 1.87 bits per heavy atom. The highest BCUT2D eigenvalue weighted by molar-refractivity contribution is 5.73. The second kappa shape index (κ2) is 5.50. The molecule has 1 fully saturated rings. The zero-order valence-corrected chi connectivity index (χ0v) is 10.4. The van der Waals surface area contributed by atoms with Crippen LogP contribution in [-0.4, -0.2) is 37.0 Å². The minimum Gasteiger partial charge on any atom is -0.353 e. The Morgan fingerprint density at radius 1 is 1.33 bits per heavy atom. The van der Waals surface area contributed by atoms with Gasteiger partial charge in [0.05, 0.1) is 0 Å². The van der Waals surface area contributed by atoms with E-state index in [4.69, 9.17) is 0 Å². The summed E-state index contributed by atoms with van der Waals surface area (Å²) in [6.45, 7) is 8.32. The lowest BCUT2D eigenvalue weighted by Gasteiger charge is -2.36. The molecule has 1 N–H and O–H groups in total. The lowest BCUT2D eigenvalue weighted by atomic mass is 9.83. The summed E-state index contributed by atoms with van der Waals surface area (Å²) in [7, 11) is 2.17. The zero-order valence-electron chi connectivity index (χ0n) is 10.4. The van der Waals surface area contributed by atoms with Crippen molar-refractivity contribution in [2.24, 2.45) is 11.8 Å². The highest BCUT2D eigenvalue weighted by Gasteiger charge is 2.27. The molecule has 1 aliphatic rings. The van der Waals surface area contributed by atoms with E-state index in [1.807, 2.05) is 0 Å². The van der Waals surface area contributed by atoms with Crippen LogP contribution in [0.3, 0.4) is 0 Å². The lowest BCUT2D eigenvalue weighted by Crippen LogP contribution is -2.46. The van der Waals surface area contributed by atoms with Crippen LogP contribution in [0.5, 0.6) is 0 Å². The van der Waals surface area contributed by atoms with Crippen LogP contribution in [0.1, 0.15) is 33.6 Å². The largest absolute Gasteiger partial charge is 0.353 e. The summed E-state index contributed by atoms with van der Waals surface area (Å²) < 4.78 is 0. The molecule has 88 valence electrons. The standard InChI is InChI=1S/C12H24N2O/c1-9(2)12(13-10(3)15)11-5-7-14(4)8-6-11/h9,11-12H,5-8H2,1-4H3,(H,13,15)/t12-/m1/s1. The normalized spacial score (nSPS) is 21.7. The molecule has 1 amide bonds. The van der Waals surface area contributed by atoms with Crippen molar-refractivity contribution in [3.05, 3.63) is 0 Å². The fourth-order valence-corrected chi connectivity index (χ4v) is 2.45. The van der Waals surface area contributed by atoms with E-state index in [2.05, 4.69) is 31.1 Å². The van der Waals surface area contributed by atoms with Gasteiger partial charge in [0.2, 0.25) is 5.91 Å². The Labute approximate surface area is 93.2 Å². The first-order valence-corrected chi connectivity index (χ1v) is 5.96. The summed E-state index contributed by atoms with van der Waals surface area (Å²) in [5, 5.41) is 3.11. The van der Waals surface area contributed by atoms with Gasteiger partial charge < -0.3 is 10.2 Å². The highest BCUT2D eigenvalue weighted by atomic mass is 16.1. The predicted molar refractivity (Wildman–Crippen MR) is 62.7 cm³/mol. The van der Waals surface area contributed by atoms with Gasteiger partial charge in [-0.25, -0.2) is 0 Å². The minimum absolute atomic E-state index is 0.104. The van der Waals surface area contributed by atoms with Gasteiger partial charge in [-0.05, 0) is 44.8 Å². The van der Waals surface area contributed by atoms with Crippen LogP contribution >= 0.6 is 0 Å². The Morgan fingerprint density at radius 3 is 2.27 bits per heavy atom. The molecule has 1 atom stereocenters. The molecule has 1 rings (SSSR count). The van der Waals surface area contributed by atoms with Crippen LogP contribution in [0.4, 0.5) is 0 Å². The summed E-state index contributed by atoms with van der Waals surface area (Å²) >= 11 is 0. The Kier molecular flexibility index (Phi) is 4.58. The van der Waals surface area contributed by atoms with Crippen molar-refractivity contribution in [1.29, 1.82) is 0 Å². The van der Waals surface area contributed by atoms with Crippen LogP contribution in [0, 0.1) is 11.8 Å². The molecule has 0 bridgehead atoms. The topological polar surface area (TPSA) is 32.3 Å². The molecule has 0 aromatic heterocycles. The second-order valence-electron chi connectivity index (χ2n) is 5.11. The molecule has 0 spiro atoms. The monoisotopic (exact) mass is 212 g/mol. The summed E-state index contributed by atoms with van der Waals surface area (Å²) in [5.41, 5.74) is 0. The van der Waals surface area contributed by atoms with Gasteiger partial charge in [0.15, 0.2) is 0 Å². The molecule has 15 heavy (non-hydrogen) atoms. The number of likely N-dealkylation sites (tertiary alicyclic amines) is 1. The molecule has 0 radical (unpaired) electrons. The summed E-state index contributed by atoms with van der Waals surface area (Å²) in [4.78, 5) is 13.5. The molecule has 0 aromatic rings. The molecule has 1 saturated heterocycles. The van der Waals surface area contributed by atoms with Crippen molar-refractivity contribution < 1.29 is 4.79 Å². The van der Waals surface area contributed by atoms with Gasteiger partial charge in [0.25, 0.3) is 0 Å². The number of piperidine rings is 1. The van der Waals surface area contributed by atoms with Crippen LogP contribution < -0.4 is 5.32 Å². The van der Waals surface area contributed by atoms with Gasteiger partial charge in [0, 0.05) is 13.0 Å². The van der Waals surface area contributed by atoms with E-state index in [1.54, 1.807) is 6.92 Å². The van der Waals surface area contributed by atoms with Crippen molar-refractivity contribution >= 4 is 5.91 Å². The van der Waals surface area contributed by atoms with E-state index < -0.39 is 0 Å². The van der Waals surface area contributed by atoms with Gasteiger partial charge in [-0.2, -0.15) is 0 Å². The van der Waals surface area contributed by atoms with Crippen molar-refractivity contribution in [1.82, 2.24) is 10.2 Å². The van der Waals surface area contributed by atoms with E-state index in [0.717, 1.165) is 13.1 Å². The van der Waals surface area contributed by atoms with Crippen LogP contribution in [0.25, 0.3) is 0 Å². The number of hydrogen-bond donors (Lipinski definition) is 1. The number of rotatable bonds is 3. The van der Waals surface area contributed by atoms with E-state index in [0.29, 0.717) is 17.9 Å². The maximum absolute atomic E-state index is 11.1. The van der Waals surface area contributed by atoms with Crippen molar-refractivity contribution in [3.63, 3.8) is 0 Å². The Bertz CT molecular complexity index is 208. The van der Waals surface area contributed by atoms with Gasteiger partial charge in [-0.3, -0.25) is 4.79 Å². The second-order valence-corrected chi connectivity index (χ2v) is 5.11. The number of carbonyl (C=O) groups excluding carboxylic acids is 1. The quantitative estimate of drug-likeness (QED) is 0.768. The number of carbonyl (C=O) groups is 1. The van der Waals surface area contributed by atoms with E-state index in [1.165, 1.54) is 12.8 Å². The number of nitrogens with zero attached hydrogens (tertiary/aromatic N) is 1. The van der Waals surface area contributed by atoms with Crippen molar-refractivity contribution in [2.75, 3.05) is 20.1 Å². The highest BCUT2D eigenvalue weighted by Crippen LogP contribution is 2.24. The summed E-state index contributed by atoms with van der Waals surface area (Å²) in [6.07, 6.45) is 2.42. The molecule has 0 saturated carbocycles. The minimum atomic E-state index is 0.104. The molecule has 0 aliphatic carbocycles. The van der Waals surface area contributed by atoms with Gasteiger partial charge in [-0.1, -0.05) is 13.8 Å². The lowest BCUT2D eigenvalue weighted by molar-refractivity contribution is -0.120. The average molecular weight is 212 g/mol. The summed E-state index contributed by atoms with van der Waals surface area (Å²) in [6, 6.07) is 0.358. The fourth-order valence-electron chi connectivity index (χ4n) is 2.45. The van der Waals surface area contributed by atoms with Gasteiger partial charge >= 0.3 is 0 Å². The molecule has 3 nitrogen and oxygen atoms in total. The maximum atomic E-state index is 11.1. The molecule has 0 aromatic carbocycles. The van der Waals surface area contributed by atoms with E-state index >= 15 is 0 Å². The van der Waals surface area contributed by atoms with E-state index in [-0.39, 0.29) is 5.91 Å². The third kappa shape index (κ3) is 3.82. The maximum Gasteiger partial charge on any atom is 0.217 e. The molecule has 1 aliphatic heterocycles.